The number of piperazine rings is 1. The van der Waals surface area contributed by atoms with Gasteiger partial charge in [0.25, 0.3) is 11.8 Å². The van der Waals surface area contributed by atoms with E-state index in [1.165, 1.54) is 17.0 Å². The Hall–Kier alpha value is -3.43. The quantitative estimate of drug-likeness (QED) is 0.713. The van der Waals surface area contributed by atoms with Gasteiger partial charge in [-0.05, 0) is 42.5 Å². The van der Waals surface area contributed by atoms with Crippen molar-refractivity contribution in [1.82, 2.24) is 25.2 Å². The summed E-state index contributed by atoms with van der Waals surface area (Å²) in [6, 6.07) is 9.18. The molecule has 1 aromatic heterocycles. The van der Waals surface area contributed by atoms with Gasteiger partial charge in [-0.1, -0.05) is 0 Å². The average Bonchev–Trinajstić information content (AvgIpc) is 3.20. The van der Waals surface area contributed by atoms with E-state index in [0.717, 1.165) is 12.1 Å². The van der Waals surface area contributed by atoms with Crippen molar-refractivity contribution in [2.45, 2.75) is 6.18 Å². The Labute approximate surface area is 163 Å². The minimum absolute atomic E-state index is 0.170. The molecule has 150 valence electrons. The molecule has 0 bridgehead atoms. The number of hydrogen-bond donors (Lipinski definition) is 1. The first-order chi connectivity index (χ1) is 13.8. The minimum Gasteiger partial charge on any atom is -0.335 e. The molecule has 29 heavy (non-hydrogen) atoms. The maximum Gasteiger partial charge on any atom is 0.416 e. The molecule has 2 heterocycles. The van der Waals surface area contributed by atoms with E-state index in [0.29, 0.717) is 42.8 Å². The second kappa shape index (κ2) is 7.19. The van der Waals surface area contributed by atoms with Crippen LogP contribution < -0.4 is 0 Å². The van der Waals surface area contributed by atoms with Crippen LogP contribution in [-0.2, 0) is 6.18 Å². The summed E-state index contributed by atoms with van der Waals surface area (Å²) < 4.78 is 38.0. The Morgan fingerprint density at radius 1 is 0.793 bits per heavy atom. The smallest absolute Gasteiger partial charge is 0.335 e. The number of halogens is 3. The first-order valence-corrected chi connectivity index (χ1v) is 8.89. The second-order valence-electron chi connectivity index (χ2n) is 6.69. The predicted octanol–water partition coefficient (Wildman–Crippen LogP) is 2.57. The zero-order chi connectivity index (χ0) is 20.6. The van der Waals surface area contributed by atoms with Gasteiger partial charge >= 0.3 is 6.18 Å². The summed E-state index contributed by atoms with van der Waals surface area (Å²) in [4.78, 5) is 28.4. The predicted molar refractivity (Wildman–Crippen MR) is 97.1 cm³/mol. The normalized spacial score (nSPS) is 15.0. The molecule has 1 fully saturated rings. The molecule has 1 N–H and O–H groups in total. The molecular formula is C19H16F3N5O2. The molecular weight excluding hydrogens is 387 g/mol. The van der Waals surface area contributed by atoms with Gasteiger partial charge in [0.2, 0.25) is 0 Å². The monoisotopic (exact) mass is 403 g/mol. The maximum atomic E-state index is 12.7. The number of carbonyl (C=O) groups is 2. The zero-order valence-corrected chi connectivity index (χ0v) is 15.1. The molecule has 2 aromatic carbocycles. The van der Waals surface area contributed by atoms with Crippen LogP contribution in [0.15, 0.2) is 42.5 Å². The molecule has 2 amide bonds. The molecule has 0 radical (unpaired) electrons. The Morgan fingerprint density at radius 2 is 1.31 bits per heavy atom. The number of rotatable bonds is 2. The van der Waals surface area contributed by atoms with Crippen LogP contribution in [0.1, 0.15) is 26.3 Å². The molecule has 10 heteroatoms. The van der Waals surface area contributed by atoms with Gasteiger partial charge in [0.05, 0.1) is 5.56 Å². The number of fused-ring (bicyclic) bond motifs is 1. The van der Waals surface area contributed by atoms with Crippen LogP contribution in [0.3, 0.4) is 0 Å². The third-order valence-electron chi connectivity index (χ3n) is 4.88. The van der Waals surface area contributed by atoms with E-state index in [2.05, 4.69) is 15.4 Å². The van der Waals surface area contributed by atoms with Gasteiger partial charge in [-0.15, -0.1) is 0 Å². The summed E-state index contributed by atoms with van der Waals surface area (Å²) in [6.45, 7) is 1.28. The standard InChI is InChI=1S/C19H16F3N5O2/c20-19(21,22)14-4-1-12(2-5-14)17(28)26-7-9-27(10-8-26)18(29)13-3-6-15-16(11-13)24-25-23-15/h1-6,11H,7-10H2,(H,23,24,25). The van der Waals surface area contributed by atoms with E-state index in [4.69, 9.17) is 0 Å². The molecule has 0 unspecified atom stereocenters. The molecule has 0 spiro atoms. The Balaban J connectivity index is 1.39. The highest BCUT2D eigenvalue weighted by atomic mass is 19.4. The highest BCUT2D eigenvalue weighted by Crippen LogP contribution is 2.29. The Bertz CT molecular complexity index is 1050. The van der Waals surface area contributed by atoms with Gasteiger partial charge in [-0.3, -0.25) is 9.59 Å². The molecule has 3 aromatic rings. The van der Waals surface area contributed by atoms with Crippen LogP contribution in [-0.4, -0.2) is 63.2 Å². The molecule has 1 aliphatic heterocycles. The largest absolute Gasteiger partial charge is 0.416 e. The van der Waals surface area contributed by atoms with E-state index in [9.17, 15) is 22.8 Å². The van der Waals surface area contributed by atoms with E-state index in [1.54, 1.807) is 23.1 Å². The van der Waals surface area contributed by atoms with Crippen LogP contribution in [0.2, 0.25) is 0 Å². The number of nitrogens with zero attached hydrogens (tertiary/aromatic N) is 4. The number of aromatic amines is 1. The number of amides is 2. The maximum absolute atomic E-state index is 12.7. The highest BCUT2D eigenvalue weighted by Gasteiger charge is 2.31. The number of benzene rings is 2. The first kappa shape index (κ1) is 18.9. The molecule has 0 atom stereocenters. The van der Waals surface area contributed by atoms with E-state index >= 15 is 0 Å². The van der Waals surface area contributed by atoms with Crippen LogP contribution in [0, 0.1) is 0 Å². The SMILES string of the molecule is O=C(c1ccc(C(F)(F)F)cc1)N1CCN(C(=O)c2ccc3n[nH]nc3c2)CC1. The second-order valence-corrected chi connectivity index (χ2v) is 6.69. The van der Waals surface area contributed by atoms with E-state index in [1.807, 2.05) is 0 Å². The number of hydrogen-bond acceptors (Lipinski definition) is 4. The van der Waals surface area contributed by atoms with Gasteiger partial charge in [-0.25, -0.2) is 0 Å². The average molecular weight is 403 g/mol. The molecule has 0 saturated carbocycles. The number of H-pyrrole nitrogens is 1. The van der Waals surface area contributed by atoms with Gasteiger partial charge in [-0.2, -0.15) is 28.6 Å². The lowest BCUT2D eigenvalue weighted by Crippen LogP contribution is -2.50. The fourth-order valence-corrected chi connectivity index (χ4v) is 3.25. The fourth-order valence-electron chi connectivity index (χ4n) is 3.25. The number of nitrogens with one attached hydrogen (secondary N) is 1. The van der Waals surface area contributed by atoms with Gasteiger partial charge in [0, 0.05) is 37.3 Å². The van der Waals surface area contributed by atoms with Crippen molar-refractivity contribution in [3.63, 3.8) is 0 Å². The third kappa shape index (κ3) is 3.78. The number of aromatic nitrogens is 3. The summed E-state index contributed by atoms with van der Waals surface area (Å²) in [6.07, 6.45) is -4.44. The van der Waals surface area contributed by atoms with Crippen molar-refractivity contribution in [3.8, 4) is 0 Å². The van der Waals surface area contributed by atoms with Gasteiger partial charge in [0.1, 0.15) is 11.0 Å². The minimum atomic E-state index is -4.44. The van der Waals surface area contributed by atoms with Crippen LogP contribution in [0.25, 0.3) is 11.0 Å². The van der Waals surface area contributed by atoms with Crippen molar-refractivity contribution < 1.29 is 22.8 Å². The molecule has 7 nitrogen and oxygen atoms in total. The molecule has 1 saturated heterocycles. The molecule has 0 aliphatic carbocycles. The molecule has 4 rings (SSSR count). The van der Waals surface area contributed by atoms with Crippen molar-refractivity contribution >= 4 is 22.8 Å². The topological polar surface area (TPSA) is 82.2 Å². The van der Waals surface area contributed by atoms with Crippen molar-refractivity contribution in [3.05, 3.63) is 59.2 Å². The summed E-state index contributed by atoms with van der Waals surface area (Å²) >= 11 is 0. The van der Waals surface area contributed by atoms with Crippen LogP contribution in [0.5, 0.6) is 0 Å². The number of alkyl halides is 3. The lowest BCUT2D eigenvalue weighted by molar-refractivity contribution is -0.137. The van der Waals surface area contributed by atoms with Gasteiger partial charge in [0.15, 0.2) is 0 Å². The Morgan fingerprint density at radius 3 is 1.90 bits per heavy atom. The fraction of sp³-hybridized carbons (Fsp3) is 0.263. The van der Waals surface area contributed by atoms with Crippen molar-refractivity contribution in [2.75, 3.05) is 26.2 Å². The van der Waals surface area contributed by atoms with Crippen molar-refractivity contribution in [1.29, 1.82) is 0 Å². The first-order valence-electron chi connectivity index (χ1n) is 8.89. The summed E-state index contributed by atoms with van der Waals surface area (Å²) in [7, 11) is 0. The van der Waals surface area contributed by atoms with E-state index in [-0.39, 0.29) is 17.4 Å². The lowest BCUT2D eigenvalue weighted by Gasteiger charge is -2.35. The van der Waals surface area contributed by atoms with Crippen LogP contribution >= 0.6 is 0 Å². The van der Waals surface area contributed by atoms with Crippen molar-refractivity contribution in [2.24, 2.45) is 0 Å². The highest BCUT2D eigenvalue weighted by molar-refractivity contribution is 5.98. The third-order valence-corrected chi connectivity index (χ3v) is 4.88. The summed E-state index contributed by atoms with van der Waals surface area (Å²) in [5.74, 6) is -0.522. The van der Waals surface area contributed by atoms with Crippen LogP contribution in [0.4, 0.5) is 13.2 Å². The summed E-state index contributed by atoms with van der Waals surface area (Å²) in [5.41, 5.74) is 1.12. The number of carbonyl (C=O) groups excluding carboxylic acids is 2. The molecule has 1 aliphatic rings. The lowest BCUT2D eigenvalue weighted by atomic mass is 10.1. The Kier molecular flexibility index (Phi) is 4.69. The van der Waals surface area contributed by atoms with E-state index < -0.39 is 11.7 Å². The summed E-state index contributed by atoms with van der Waals surface area (Å²) in [5, 5.41) is 10.4. The van der Waals surface area contributed by atoms with Gasteiger partial charge < -0.3 is 9.80 Å². The zero-order valence-electron chi connectivity index (χ0n) is 15.1.